The maximum absolute atomic E-state index is 14.1. The molecule has 3 heterocycles. The Morgan fingerprint density at radius 1 is 1.16 bits per heavy atom. The first-order valence-electron chi connectivity index (χ1n) is 8.12. The summed E-state index contributed by atoms with van der Waals surface area (Å²) in [6.45, 7) is 2.56. The molecule has 0 saturated carbocycles. The molecule has 0 aliphatic carbocycles. The number of pyridine rings is 1. The van der Waals surface area contributed by atoms with E-state index in [0.717, 1.165) is 29.9 Å². The topological polar surface area (TPSA) is 80.5 Å². The lowest BCUT2D eigenvalue weighted by Crippen LogP contribution is -2.19. The van der Waals surface area contributed by atoms with Gasteiger partial charge in [0.15, 0.2) is 11.6 Å². The molecule has 0 radical (unpaired) electrons. The lowest BCUT2D eigenvalue weighted by atomic mass is 10.1. The van der Waals surface area contributed by atoms with Gasteiger partial charge in [-0.1, -0.05) is 13.3 Å². The Labute approximate surface area is 145 Å². The first kappa shape index (κ1) is 17.0. The minimum absolute atomic E-state index is 0.229. The molecular weight excluding hydrogens is 321 g/mol. The molecule has 0 unspecified atom stereocenters. The Kier molecular flexibility index (Phi) is 5.30. The molecule has 0 atom stereocenters. The minimum Gasteiger partial charge on any atom is -0.324 e. The molecule has 0 amide bonds. The fourth-order valence-electron chi connectivity index (χ4n) is 2.69. The zero-order valence-corrected chi connectivity index (χ0v) is 14.2. The molecule has 0 bridgehead atoms. The van der Waals surface area contributed by atoms with Gasteiger partial charge in [0, 0.05) is 31.2 Å². The van der Waals surface area contributed by atoms with Crippen molar-refractivity contribution in [3.63, 3.8) is 0 Å². The normalized spacial score (nSPS) is 10.8. The van der Waals surface area contributed by atoms with E-state index in [4.69, 9.17) is 0 Å². The molecule has 0 saturated heterocycles. The molecule has 0 aliphatic heterocycles. The third kappa shape index (κ3) is 3.63. The summed E-state index contributed by atoms with van der Waals surface area (Å²) in [6.07, 6.45) is 8.31. The van der Waals surface area contributed by atoms with Crippen molar-refractivity contribution < 1.29 is 4.39 Å². The van der Waals surface area contributed by atoms with Crippen molar-refractivity contribution in [2.75, 3.05) is 12.5 Å². The van der Waals surface area contributed by atoms with E-state index >= 15 is 0 Å². The van der Waals surface area contributed by atoms with Crippen LogP contribution in [0.25, 0.3) is 11.5 Å². The minimum atomic E-state index is -0.399. The third-order valence-corrected chi connectivity index (χ3v) is 3.78. The average molecular weight is 341 g/mol. The molecule has 3 aromatic rings. The number of hydrazine groups is 1. The molecule has 8 heteroatoms. The maximum Gasteiger partial charge on any atom is 0.162 e. The molecule has 7 nitrogen and oxygen atoms in total. The van der Waals surface area contributed by atoms with Gasteiger partial charge in [0.05, 0.1) is 12.2 Å². The van der Waals surface area contributed by atoms with Gasteiger partial charge in [-0.2, -0.15) is 0 Å². The lowest BCUT2D eigenvalue weighted by molar-refractivity contribution is 0.621. The van der Waals surface area contributed by atoms with Crippen molar-refractivity contribution in [1.82, 2.24) is 29.9 Å². The summed E-state index contributed by atoms with van der Waals surface area (Å²) in [5.74, 6) is 0.825. The highest BCUT2D eigenvalue weighted by molar-refractivity contribution is 5.51. The van der Waals surface area contributed by atoms with E-state index in [2.05, 4.69) is 37.7 Å². The summed E-state index contributed by atoms with van der Waals surface area (Å²) in [7, 11) is 1.79. The highest BCUT2D eigenvalue weighted by atomic mass is 19.1. The van der Waals surface area contributed by atoms with Gasteiger partial charge in [-0.05, 0) is 18.6 Å². The Morgan fingerprint density at radius 2 is 2.04 bits per heavy atom. The van der Waals surface area contributed by atoms with E-state index in [1.54, 1.807) is 31.7 Å². The Morgan fingerprint density at radius 3 is 2.80 bits per heavy atom. The zero-order valence-electron chi connectivity index (χ0n) is 14.2. The number of nitrogens with one attached hydrogen (secondary N) is 2. The first-order chi connectivity index (χ1) is 12.2. The molecule has 0 fully saturated rings. The van der Waals surface area contributed by atoms with Gasteiger partial charge in [-0.25, -0.2) is 29.8 Å². The van der Waals surface area contributed by atoms with Gasteiger partial charge in [0.25, 0.3) is 0 Å². The number of hydrogen-bond acceptors (Lipinski definition) is 6. The molecule has 25 heavy (non-hydrogen) atoms. The zero-order chi connectivity index (χ0) is 17.6. The second-order valence-electron chi connectivity index (χ2n) is 5.49. The van der Waals surface area contributed by atoms with Crippen LogP contribution in [0.3, 0.4) is 0 Å². The van der Waals surface area contributed by atoms with Gasteiger partial charge in [-0.15, -0.1) is 0 Å². The first-order valence-corrected chi connectivity index (χ1v) is 8.12. The lowest BCUT2D eigenvalue weighted by Gasteiger charge is -2.14. The number of halogens is 1. The van der Waals surface area contributed by atoms with Crippen molar-refractivity contribution in [2.45, 2.75) is 26.3 Å². The number of nitrogens with zero attached hydrogens (tertiary/aromatic N) is 5. The van der Waals surface area contributed by atoms with Crippen molar-refractivity contribution in [3.8, 4) is 11.5 Å². The van der Waals surface area contributed by atoms with Crippen LogP contribution in [0.1, 0.15) is 24.6 Å². The monoisotopic (exact) mass is 341 g/mol. The maximum atomic E-state index is 14.1. The predicted molar refractivity (Wildman–Crippen MR) is 93.2 cm³/mol. The number of imidazole rings is 1. The molecule has 0 aliphatic rings. The molecule has 130 valence electrons. The second-order valence-corrected chi connectivity index (χ2v) is 5.49. The molecule has 3 aromatic heterocycles. The van der Waals surface area contributed by atoms with Crippen LogP contribution in [0.5, 0.6) is 0 Å². The molecule has 0 spiro atoms. The van der Waals surface area contributed by atoms with Crippen LogP contribution in [-0.2, 0) is 13.0 Å². The van der Waals surface area contributed by atoms with Gasteiger partial charge in [0.1, 0.15) is 17.8 Å². The van der Waals surface area contributed by atoms with Crippen molar-refractivity contribution in [1.29, 1.82) is 0 Å². The van der Waals surface area contributed by atoms with Crippen molar-refractivity contribution in [2.24, 2.45) is 0 Å². The van der Waals surface area contributed by atoms with Crippen LogP contribution in [0.4, 0.5) is 10.2 Å². The Hall–Kier alpha value is -2.87. The predicted octanol–water partition coefficient (Wildman–Crippen LogP) is 2.42. The van der Waals surface area contributed by atoms with Gasteiger partial charge >= 0.3 is 0 Å². The second kappa shape index (κ2) is 7.80. The van der Waals surface area contributed by atoms with Gasteiger partial charge in [-0.3, -0.25) is 0 Å². The summed E-state index contributed by atoms with van der Waals surface area (Å²) >= 11 is 0. The van der Waals surface area contributed by atoms with E-state index in [1.807, 2.05) is 4.57 Å². The summed E-state index contributed by atoms with van der Waals surface area (Å²) < 4.78 is 15.9. The summed E-state index contributed by atoms with van der Waals surface area (Å²) in [5, 5.41) is 0. The van der Waals surface area contributed by atoms with E-state index < -0.39 is 5.82 Å². The van der Waals surface area contributed by atoms with Gasteiger partial charge < -0.3 is 9.99 Å². The Bertz CT molecular complexity index is 847. The van der Waals surface area contributed by atoms with Crippen LogP contribution >= 0.6 is 0 Å². The SMILES string of the molecule is CCCc1c(Cn2ccnc2-c2ncccc2F)ncnc1NNC. The fraction of sp³-hybridized carbons (Fsp3) is 0.294. The van der Waals surface area contributed by atoms with E-state index in [9.17, 15) is 4.39 Å². The molecular formula is C17H20FN7. The largest absolute Gasteiger partial charge is 0.324 e. The summed E-state index contributed by atoms with van der Waals surface area (Å²) in [6, 6.07) is 2.94. The van der Waals surface area contributed by atoms with Crippen LogP contribution in [0.15, 0.2) is 37.1 Å². The molecule has 0 aromatic carbocycles. The third-order valence-electron chi connectivity index (χ3n) is 3.78. The van der Waals surface area contributed by atoms with Crippen LogP contribution in [0, 0.1) is 5.82 Å². The van der Waals surface area contributed by atoms with Crippen molar-refractivity contribution >= 4 is 5.82 Å². The van der Waals surface area contributed by atoms with Gasteiger partial charge in [0.2, 0.25) is 0 Å². The fourth-order valence-corrected chi connectivity index (χ4v) is 2.69. The number of rotatable bonds is 7. The quantitative estimate of drug-likeness (QED) is 0.643. The van der Waals surface area contributed by atoms with E-state index in [-0.39, 0.29) is 5.69 Å². The Balaban J connectivity index is 1.98. The number of hydrogen-bond donors (Lipinski definition) is 2. The molecule has 3 rings (SSSR count). The smallest absolute Gasteiger partial charge is 0.162 e. The van der Waals surface area contributed by atoms with Crippen molar-refractivity contribution in [3.05, 3.63) is 54.1 Å². The summed E-state index contributed by atoms with van der Waals surface area (Å²) in [5.41, 5.74) is 8.06. The molecule has 2 N–H and O–H groups in total. The highest BCUT2D eigenvalue weighted by Crippen LogP contribution is 2.22. The van der Waals surface area contributed by atoms with E-state index in [0.29, 0.717) is 12.4 Å². The van der Waals surface area contributed by atoms with Crippen LogP contribution in [0.2, 0.25) is 0 Å². The summed E-state index contributed by atoms with van der Waals surface area (Å²) in [4.78, 5) is 17.1. The van der Waals surface area contributed by atoms with Crippen LogP contribution < -0.4 is 10.9 Å². The average Bonchev–Trinajstić information content (AvgIpc) is 3.06. The van der Waals surface area contributed by atoms with Crippen LogP contribution in [-0.4, -0.2) is 31.6 Å². The standard InChI is InChI=1S/C17H20FN7/c1-3-5-12-14(22-11-23-16(12)24-19-2)10-25-9-8-21-17(25)15-13(18)6-4-7-20-15/h4,6-9,11,19H,3,5,10H2,1-2H3,(H,22,23,24). The van der Waals surface area contributed by atoms with E-state index in [1.165, 1.54) is 12.4 Å². The highest BCUT2D eigenvalue weighted by Gasteiger charge is 2.16. The number of anilines is 1. The number of aromatic nitrogens is 5.